The van der Waals surface area contributed by atoms with Crippen molar-refractivity contribution in [2.24, 2.45) is 5.73 Å². The molecule has 10 heteroatoms. The fraction of sp³-hybridized carbons (Fsp3) is 0.355. The zero-order valence-corrected chi connectivity index (χ0v) is 25.2. The smallest absolute Gasteiger partial charge is 0.253 e. The van der Waals surface area contributed by atoms with E-state index in [0.717, 1.165) is 35.5 Å². The summed E-state index contributed by atoms with van der Waals surface area (Å²) in [6.07, 6.45) is 0. The summed E-state index contributed by atoms with van der Waals surface area (Å²) in [7, 11) is 5.32. The summed E-state index contributed by atoms with van der Waals surface area (Å²) >= 11 is 12.3. The lowest BCUT2D eigenvalue weighted by Crippen LogP contribution is -2.47. The maximum absolute atomic E-state index is 13.6. The van der Waals surface area contributed by atoms with Crippen molar-refractivity contribution in [1.82, 2.24) is 14.7 Å². The first-order valence-electron chi connectivity index (χ1n) is 13.6. The molecule has 1 saturated heterocycles. The average Bonchev–Trinajstić information content (AvgIpc) is 3.00. The molecule has 0 saturated carbocycles. The van der Waals surface area contributed by atoms with Gasteiger partial charge >= 0.3 is 0 Å². The minimum Gasteiger partial charge on any atom is -0.379 e. The molecule has 1 aliphatic rings. The highest BCUT2D eigenvalue weighted by Crippen LogP contribution is 2.29. The number of rotatable bonds is 10. The lowest BCUT2D eigenvalue weighted by Gasteiger charge is -2.36. The highest BCUT2D eigenvalue weighted by Gasteiger charge is 2.26. The van der Waals surface area contributed by atoms with Crippen LogP contribution in [0.5, 0.6) is 0 Å². The van der Waals surface area contributed by atoms with E-state index in [9.17, 15) is 9.59 Å². The van der Waals surface area contributed by atoms with Gasteiger partial charge in [-0.1, -0.05) is 59.6 Å². The summed E-state index contributed by atoms with van der Waals surface area (Å²) in [5.74, 6) is -0.111. The molecular formula is C31H37Cl2N5O3. The molecule has 1 unspecified atom stereocenters. The van der Waals surface area contributed by atoms with Gasteiger partial charge < -0.3 is 25.2 Å². The number of likely N-dealkylation sites (N-methyl/N-ethyl adjacent to an activating group) is 1. The van der Waals surface area contributed by atoms with Crippen molar-refractivity contribution in [2.45, 2.75) is 6.04 Å². The van der Waals surface area contributed by atoms with Crippen LogP contribution in [0.1, 0.15) is 22.0 Å². The van der Waals surface area contributed by atoms with Crippen LogP contribution in [-0.2, 0) is 9.53 Å². The molecule has 1 atom stereocenters. The zero-order valence-electron chi connectivity index (χ0n) is 23.7. The SMILES string of the molecule is CN(C)C(=O)c1cccc(-c2ccc(C(CN3CCOCC3)N(C)C(=O)CN(CN)c3ccc(Cl)c(Cl)c3)cc2)c1. The lowest BCUT2D eigenvalue weighted by molar-refractivity contribution is -0.131. The molecule has 0 aromatic heterocycles. The van der Waals surface area contributed by atoms with Crippen molar-refractivity contribution in [1.29, 1.82) is 0 Å². The molecule has 0 radical (unpaired) electrons. The molecule has 4 rings (SSSR count). The third-order valence-corrected chi connectivity index (χ3v) is 8.09. The molecule has 0 aliphatic carbocycles. The van der Waals surface area contributed by atoms with Crippen LogP contribution in [0, 0.1) is 0 Å². The molecule has 41 heavy (non-hydrogen) atoms. The fourth-order valence-corrected chi connectivity index (χ4v) is 5.15. The number of carbonyl (C=O) groups is 2. The Balaban J connectivity index is 1.57. The second-order valence-corrected chi connectivity index (χ2v) is 11.1. The summed E-state index contributed by atoms with van der Waals surface area (Å²) in [5.41, 5.74) is 10.4. The maximum Gasteiger partial charge on any atom is 0.253 e. The molecule has 0 bridgehead atoms. The van der Waals surface area contributed by atoms with Gasteiger partial charge in [0.1, 0.15) is 0 Å². The number of nitrogens with two attached hydrogens (primary N) is 1. The van der Waals surface area contributed by atoms with Crippen LogP contribution in [0.2, 0.25) is 10.0 Å². The Bertz CT molecular complexity index is 1350. The summed E-state index contributed by atoms with van der Waals surface area (Å²) in [6, 6.07) is 20.8. The summed E-state index contributed by atoms with van der Waals surface area (Å²) < 4.78 is 5.55. The Kier molecular flexibility index (Phi) is 10.6. The van der Waals surface area contributed by atoms with Gasteiger partial charge in [-0.2, -0.15) is 0 Å². The van der Waals surface area contributed by atoms with E-state index in [1.807, 2.05) is 43.4 Å². The number of benzene rings is 3. The Morgan fingerprint density at radius 3 is 2.27 bits per heavy atom. The third-order valence-electron chi connectivity index (χ3n) is 7.36. The van der Waals surface area contributed by atoms with Crippen LogP contribution in [-0.4, -0.2) is 93.7 Å². The molecule has 1 fully saturated rings. The molecule has 0 spiro atoms. The van der Waals surface area contributed by atoms with E-state index in [-0.39, 0.29) is 31.1 Å². The molecule has 1 aliphatic heterocycles. The van der Waals surface area contributed by atoms with Gasteiger partial charge in [-0.15, -0.1) is 0 Å². The van der Waals surface area contributed by atoms with Gasteiger partial charge in [0.2, 0.25) is 5.91 Å². The van der Waals surface area contributed by atoms with Gasteiger partial charge in [0.05, 0.1) is 42.5 Å². The van der Waals surface area contributed by atoms with Gasteiger partial charge in [-0.25, -0.2) is 0 Å². The number of carbonyl (C=O) groups excluding carboxylic acids is 2. The van der Waals surface area contributed by atoms with E-state index in [1.165, 1.54) is 0 Å². The van der Waals surface area contributed by atoms with E-state index in [4.69, 9.17) is 33.7 Å². The van der Waals surface area contributed by atoms with Crippen LogP contribution >= 0.6 is 23.2 Å². The molecule has 3 aromatic rings. The molecule has 8 nitrogen and oxygen atoms in total. The van der Waals surface area contributed by atoms with Crippen LogP contribution in [0.3, 0.4) is 0 Å². The van der Waals surface area contributed by atoms with Crippen LogP contribution in [0.25, 0.3) is 11.1 Å². The van der Waals surface area contributed by atoms with Crippen molar-refractivity contribution in [3.05, 3.63) is 87.9 Å². The predicted octanol–water partition coefficient (Wildman–Crippen LogP) is 4.62. The molecule has 3 aromatic carbocycles. The molecule has 2 amide bonds. The number of hydrogen-bond donors (Lipinski definition) is 1. The lowest BCUT2D eigenvalue weighted by atomic mass is 9.98. The first kappa shape index (κ1) is 30.8. The molecular weight excluding hydrogens is 561 g/mol. The first-order valence-corrected chi connectivity index (χ1v) is 14.3. The van der Waals surface area contributed by atoms with Crippen molar-refractivity contribution < 1.29 is 14.3 Å². The van der Waals surface area contributed by atoms with Crippen molar-refractivity contribution in [3.8, 4) is 11.1 Å². The van der Waals surface area contributed by atoms with Gasteiger partial charge in [-0.3, -0.25) is 14.5 Å². The highest BCUT2D eigenvalue weighted by molar-refractivity contribution is 6.42. The van der Waals surface area contributed by atoms with E-state index >= 15 is 0 Å². The Morgan fingerprint density at radius 2 is 1.63 bits per heavy atom. The number of hydrogen-bond acceptors (Lipinski definition) is 6. The molecule has 2 N–H and O–H groups in total. The van der Waals surface area contributed by atoms with Crippen LogP contribution in [0.15, 0.2) is 66.7 Å². The Hall–Kier alpha value is -3.14. The monoisotopic (exact) mass is 597 g/mol. The first-order chi connectivity index (χ1) is 19.7. The summed E-state index contributed by atoms with van der Waals surface area (Å²) in [4.78, 5) is 33.6. The fourth-order valence-electron chi connectivity index (χ4n) is 4.86. The second-order valence-electron chi connectivity index (χ2n) is 10.3. The average molecular weight is 599 g/mol. The highest BCUT2D eigenvalue weighted by atomic mass is 35.5. The second kappa shape index (κ2) is 14.2. The van der Waals surface area contributed by atoms with E-state index < -0.39 is 0 Å². The minimum atomic E-state index is -0.190. The molecule has 218 valence electrons. The summed E-state index contributed by atoms with van der Waals surface area (Å²) in [6.45, 7) is 3.87. The third kappa shape index (κ3) is 7.78. The molecule has 1 heterocycles. The van der Waals surface area contributed by atoms with Crippen LogP contribution < -0.4 is 10.6 Å². The standard InChI is InChI=1S/C31H37Cl2N5O3/c1-35(2)31(40)25-6-4-5-24(17-25)22-7-9-23(10-8-22)29(19-37-13-15-41-16-14-37)36(3)30(39)20-38(21-34)26-11-12-27(32)28(33)18-26/h4-12,17-18,29H,13-16,19-21,34H2,1-3H3. The quantitative estimate of drug-likeness (QED) is 0.343. The van der Waals surface area contributed by atoms with Gasteiger partial charge in [0.25, 0.3) is 5.91 Å². The van der Waals surface area contributed by atoms with Gasteiger partial charge in [0.15, 0.2) is 0 Å². The van der Waals surface area contributed by atoms with Crippen molar-refractivity contribution in [2.75, 3.05) is 72.1 Å². The normalized spacial score (nSPS) is 14.4. The summed E-state index contributed by atoms with van der Waals surface area (Å²) in [5, 5.41) is 0.853. The Labute approximate surface area is 252 Å². The van der Waals surface area contributed by atoms with E-state index in [1.54, 1.807) is 47.0 Å². The maximum atomic E-state index is 13.6. The largest absolute Gasteiger partial charge is 0.379 e. The number of amides is 2. The van der Waals surface area contributed by atoms with Crippen LogP contribution in [0.4, 0.5) is 5.69 Å². The van der Waals surface area contributed by atoms with Gasteiger partial charge in [-0.05, 0) is 47.0 Å². The van der Waals surface area contributed by atoms with Crippen molar-refractivity contribution >= 4 is 40.7 Å². The number of halogens is 2. The number of anilines is 1. The number of nitrogens with zero attached hydrogens (tertiary/aromatic N) is 4. The van der Waals surface area contributed by atoms with Crippen molar-refractivity contribution in [3.63, 3.8) is 0 Å². The van der Waals surface area contributed by atoms with E-state index in [2.05, 4.69) is 17.0 Å². The predicted molar refractivity (Wildman–Crippen MR) is 166 cm³/mol. The zero-order chi connectivity index (χ0) is 29.5. The minimum absolute atomic E-state index is 0.0402. The van der Waals surface area contributed by atoms with E-state index in [0.29, 0.717) is 35.4 Å². The number of morpholine rings is 1. The van der Waals surface area contributed by atoms with Gasteiger partial charge in [0, 0.05) is 52.0 Å². The Morgan fingerprint density at radius 1 is 0.927 bits per heavy atom. The number of ether oxygens (including phenoxy) is 1. The topological polar surface area (TPSA) is 82.4 Å².